The second-order valence-corrected chi connectivity index (χ2v) is 4.14. The van der Waals surface area contributed by atoms with E-state index in [1.165, 1.54) is 0 Å². The van der Waals surface area contributed by atoms with Crippen molar-refractivity contribution in [2.24, 2.45) is 11.8 Å². The summed E-state index contributed by atoms with van der Waals surface area (Å²) in [5, 5.41) is 9.55. The first-order valence-electron chi connectivity index (χ1n) is 5.39. The summed E-state index contributed by atoms with van der Waals surface area (Å²) < 4.78 is 0. The first-order valence-corrected chi connectivity index (χ1v) is 5.39. The molecule has 76 valence electrons. The summed E-state index contributed by atoms with van der Waals surface area (Å²) in [5.74, 6) is 0.832. The van der Waals surface area contributed by atoms with E-state index >= 15 is 0 Å². The zero-order chi connectivity index (χ0) is 9.84. The van der Waals surface area contributed by atoms with Gasteiger partial charge in [0.15, 0.2) is 5.78 Å². The summed E-state index contributed by atoms with van der Waals surface area (Å²) in [6.07, 6.45) is 4.08. The highest BCUT2D eigenvalue weighted by Gasteiger charge is 2.34. The third-order valence-electron chi connectivity index (χ3n) is 3.04. The topological polar surface area (TPSA) is 37.3 Å². The van der Waals surface area contributed by atoms with Gasteiger partial charge in [0.2, 0.25) is 0 Å². The van der Waals surface area contributed by atoms with Crippen LogP contribution in [-0.2, 0) is 4.79 Å². The molecule has 0 heterocycles. The lowest BCUT2D eigenvalue weighted by molar-refractivity contribution is -0.129. The minimum Gasteiger partial charge on any atom is -0.385 e. The van der Waals surface area contributed by atoms with Gasteiger partial charge in [0.25, 0.3) is 0 Å². The molecule has 0 aromatic rings. The zero-order valence-corrected chi connectivity index (χ0v) is 8.62. The predicted molar refractivity (Wildman–Crippen MR) is 52.4 cm³/mol. The average molecular weight is 184 g/mol. The molecular formula is C11H20O2. The van der Waals surface area contributed by atoms with Crippen molar-refractivity contribution in [2.75, 3.05) is 0 Å². The number of carbonyl (C=O) groups is 1. The lowest BCUT2D eigenvalue weighted by Crippen LogP contribution is -2.24. The Hall–Kier alpha value is -0.370. The van der Waals surface area contributed by atoms with Gasteiger partial charge in [-0.1, -0.05) is 26.7 Å². The maximum Gasteiger partial charge on any atom is 0.161 e. The highest BCUT2D eigenvalue weighted by Crippen LogP contribution is 2.34. The lowest BCUT2D eigenvalue weighted by atomic mass is 9.94. The van der Waals surface area contributed by atoms with E-state index in [-0.39, 0.29) is 5.78 Å². The fraction of sp³-hybridized carbons (Fsp3) is 0.909. The molecule has 0 aromatic heterocycles. The third-order valence-corrected chi connectivity index (χ3v) is 3.04. The minimum absolute atomic E-state index is 0.0659. The molecule has 0 amide bonds. The number of rotatable bonds is 6. The van der Waals surface area contributed by atoms with Gasteiger partial charge in [0.1, 0.15) is 6.10 Å². The van der Waals surface area contributed by atoms with Gasteiger partial charge in [-0.2, -0.15) is 0 Å². The first kappa shape index (κ1) is 10.7. The Kier molecular flexibility index (Phi) is 3.91. The van der Waals surface area contributed by atoms with E-state index in [1.807, 2.05) is 0 Å². The van der Waals surface area contributed by atoms with Gasteiger partial charge < -0.3 is 5.11 Å². The molecule has 1 N–H and O–H groups in total. The quantitative estimate of drug-likeness (QED) is 0.686. The smallest absolute Gasteiger partial charge is 0.161 e. The summed E-state index contributed by atoms with van der Waals surface area (Å²) in [6, 6.07) is 0. The SMILES string of the molecule is CCC(CC)CC(=O)C(O)C1CC1. The number of aliphatic hydroxyl groups excluding tert-OH is 1. The van der Waals surface area contributed by atoms with Crippen molar-refractivity contribution in [3.8, 4) is 0 Å². The van der Waals surface area contributed by atoms with E-state index in [1.54, 1.807) is 0 Å². The standard InChI is InChI=1S/C11H20O2/c1-3-8(4-2)7-10(12)11(13)9-5-6-9/h8-9,11,13H,3-7H2,1-2H3. The van der Waals surface area contributed by atoms with Gasteiger partial charge in [-0.15, -0.1) is 0 Å². The first-order chi connectivity index (χ1) is 6.19. The van der Waals surface area contributed by atoms with Crippen LogP contribution in [0.25, 0.3) is 0 Å². The van der Waals surface area contributed by atoms with Crippen LogP contribution in [0.2, 0.25) is 0 Å². The molecule has 1 fully saturated rings. The van der Waals surface area contributed by atoms with Gasteiger partial charge in [-0.05, 0) is 24.7 Å². The van der Waals surface area contributed by atoms with Crippen molar-refractivity contribution in [1.82, 2.24) is 0 Å². The van der Waals surface area contributed by atoms with Crippen LogP contribution >= 0.6 is 0 Å². The van der Waals surface area contributed by atoms with Gasteiger partial charge >= 0.3 is 0 Å². The molecule has 0 bridgehead atoms. The number of hydrogen-bond donors (Lipinski definition) is 1. The molecule has 1 unspecified atom stereocenters. The van der Waals surface area contributed by atoms with E-state index in [9.17, 15) is 9.90 Å². The number of hydrogen-bond acceptors (Lipinski definition) is 2. The molecule has 1 aliphatic carbocycles. The average Bonchev–Trinajstić information content (AvgIpc) is 2.95. The van der Waals surface area contributed by atoms with Crippen molar-refractivity contribution in [1.29, 1.82) is 0 Å². The van der Waals surface area contributed by atoms with Crippen molar-refractivity contribution in [3.63, 3.8) is 0 Å². The molecule has 2 nitrogen and oxygen atoms in total. The van der Waals surface area contributed by atoms with Gasteiger partial charge in [-0.25, -0.2) is 0 Å². The molecule has 1 rings (SSSR count). The summed E-state index contributed by atoms with van der Waals surface area (Å²) >= 11 is 0. The zero-order valence-electron chi connectivity index (χ0n) is 8.62. The van der Waals surface area contributed by atoms with E-state index in [0.717, 1.165) is 25.7 Å². The van der Waals surface area contributed by atoms with Gasteiger partial charge in [0, 0.05) is 6.42 Å². The molecule has 0 spiro atoms. The maximum atomic E-state index is 11.5. The highest BCUT2D eigenvalue weighted by molar-refractivity contribution is 5.83. The Morgan fingerprint density at radius 3 is 2.31 bits per heavy atom. The normalized spacial score (nSPS) is 19.1. The lowest BCUT2D eigenvalue weighted by Gasteiger charge is -2.13. The van der Waals surface area contributed by atoms with Crippen LogP contribution in [0.1, 0.15) is 46.0 Å². The highest BCUT2D eigenvalue weighted by atomic mass is 16.3. The number of Topliss-reactive ketones (excluding diaryl/α,β-unsaturated/α-hetero) is 1. The van der Waals surface area contributed by atoms with Crippen LogP contribution in [0.5, 0.6) is 0 Å². The largest absolute Gasteiger partial charge is 0.385 e. The van der Waals surface area contributed by atoms with Crippen molar-refractivity contribution >= 4 is 5.78 Å². The van der Waals surface area contributed by atoms with Gasteiger partial charge in [0.05, 0.1) is 0 Å². The van der Waals surface area contributed by atoms with Crippen molar-refractivity contribution in [2.45, 2.75) is 52.1 Å². The Balaban J connectivity index is 2.29. The Morgan fingerprint density at radius 1 is 1.38 bits per heavy atom. The molecule has 1 atom stereocenters. The number of carbonyl (C=O) groups excluding carboxylic acids is 1. The molecule has 1 aliphatic rings. The summed E-state index contributed by atoms with van der Waals surface area (Å²) in [6.45, 7) is 4.20. The Morgan fingerprint density at radius 2 is 1.92 bits per heavy atom. The maximum absolute atomic E-state index is 11.5. The molecule has 0 aromatic carbocycles. The van der Waals surface area contributed by atoms with Crippen LogP contribution in [-0.4, -0.2) is 17.0 Å². The van der Waals surface area contributed by atoms with Crippen LogP contribution in [0.3, 0.4) is 0 Å². The monoisotopic (exact) mass is 184 g/mol. The van der Waals surface area contributed by atoms with Crippen LogP contribution in [0.4, 0.5) is 0 Å². The Bertz CT molecular complexity index is 169. The predicted octanol–water partition coefficient (Wildman–Crippen LogP) is 2.15. The summed E-state index contributed by atoms with van der Waals surface area (Å²) in [7, 11) is 0. The molecule has 0 aliphatic heterocycles. The van der Waals surface area contributed by atoms with E-state index in [2.05, 4.69) is 13.8 Å². The molecular weight excluding hydrogens is 164 g/mol. The number of aliphatic hydroxyl groups is 1. The molecule has 0 saturated heterocycles. The summed E-state index contributed by atoms with van der Waals surface area (Å²) in [5.41, 5.74) is 0. The molecule has 0 radical (unpaired) electrons. The van der Waals surface area contributed by atoms with Crippen LogP contribution in [0, 0.1) is 11.8 Å². The van der Waals surface area contributed by atoms with Crippen molar-refractivity contribution in [3.05, 3.63) is 0 Å². The van der Waals surface area contributed by atoms with Crippen LogP contribution < -0.4 is 0 Å². The molecule has 2 heteroatoms. The molecule has 13 heavy (non-hydrogen) atoms. The fourth-order valence-corrected chi connectivity index (χ4v) is 1.66. The minimum atomic E-state index is -0.652. The van der Waals surface area contributed by atoms with E-state index < -0.39 is 6.10 Å². The second-order valence-electron chi connectivity index (χ2n) is 4.14. The van der Waals surface area contributed by atoms with Crippen molar-refractivity contribution < 1.29 is 9.90 Å². The summed E-state index contributed by atoms with van der Waals surface area (Å²) in [4.78, 5) is 11.5. The van der Waals surface area contributed by atoms with E-state index in [0.29, 0.717) is 18.3 Å². The second kappa shape index (κ2) is 4.75. The fourth-order valence-electron chi connectivity index (χ4n) is 1.66. The van der Waals surface area contributed by atoms with Gasteiger partial charge in [-0.3, -0.25) is 4.79 Å². The van der Waals surface area contributed by atoms with Crippen LogP contribution in [0.15, 0.2) is 0 Å². The number of ketones is 1. The third kappa shape index (κ3) is 3.11. The molecule has 1 saturated carbocycles. The van der Waals surface area contributed by atoms with E-state index in [4.69, 9.17) is 0 Å². The Labute approximate surface area is 80.3 Å².